The Morgan fingerprint density at radius 1 is 0.889 bits per heavy atom. The van der Waals surface area contributed by atoms with Crippen LogP contribution in [0, 0.1) is 11.6 Å². The molecular formula is C22H24F2N6O4S2. The van der Waals surface area contributed by atoms with E-state index in [1.165, 1.54) is 29.6 Å². The summed E-state index contributed by atoms with van der Waals surface area (Å²) in [5.74, 6) is -1.09. The summed E-state index contributed by atoms with van der Waals surface area (Å²) in [5.41, 5.74) is 1.31. The molecule has 192 valence electrons. The lowest BCUT2D eigenvalue weighted by molar-refractivity contribution is 0.275. The van der Waals surface area contributed by atoms with Gasteiger partial charge in [0.15, 0.2) is 5.16 Å². The standard InChI is InChI=1S/C11H12FN3O3S.C11H12FN3OS/c1-15-9-7(14-11(15)19(2,16)17)5-13-10(8(9)12)18-6-3-4-6;1-15-9-7(14-11(15)17-2)5-13-10(8(9)12)16-6-3-4-6/h5-6H,3-4H2,1-2H3;5-6H,3-4H2,1-2H3. The molecule has 2 aliphatic rings. The molecule has 2 saturated carbocycles. The second kappa shape index (κ2) is 9.14. The summed E-state index contributed by atoms with van der Waals surface area (Å²) in [6, 6.07) is 0. The quantitative estimate of drug-likeness (QED) is 0.341. The fourth-order valence-electron chi connectivity index (χ4n) is 3.62. The van der Waals surface area contributed by atoms with Gasteiger partial charge in [0.05, 0.1) is 12.4 Å². The maximum Gasteiger partial charge on any atom is 0.253 e. The van der Waals surface area contributed by atoms with Crippen LogP contribution in [-0.4, -0.2) is 62.2 Å². The van der Waals surface area contributed by atoms with Crippen molar-refractivity contribution in [1.82, 2.24) is 29.1 Å². The van der Waals surface area contributed by atoms with Gasteiger partial charge in [-0.3, -0.25) is 0 Å². The van der Waals surface area contributed by atoms with E-state index in [0.717, 1.165) is 37.1 Å². The van der Waals surface area contributed by atoms with Gasteiger partial charge in [-0.25, -0.2) is 28.4 Å². The highest BCUT2D eigenvalue weighted by Crippen LogP contribution is 2.32. The topological polar surface area (TPSA) is 114 Å². The highest BCUT2D eigenvalue weighted by molar-refractivity contribution is 7.98. The number of thioether (sulfide) groups is 1. The van der Waals surface area contributed by atoms with Crippen LogP contribution in [0.5, 0.6) is 11.8 Å². The van der Waals surface area contributed by atoms with E-state index in [9.17, 15) is 17.2 Å². The third-order valence-corrected chi connectivity index (χ3v) is 7.44. The Hall–Kier alpha value is -3.00. The predicted octanol–water partition coefficient (Wildman–Crippen LogP) is 3.42. The number of halogens is 2. The average Bonchev–Trinajstić information content (AvgIpc) is 3.75. The molecule has 6 rings (SSSR count). The molecule has 4 heterocycles. The first-order valence-corrected chi connectivity index (χ1v) is 14.3. The smallest absolute Gasteiger partial charge is 0.253 e. The number of fused-ring (bicyclic) bond motifs is 2. The van der Waals surface area contributed by atoms with Gasteiger partial charge in [0.1, 0.15) is 34.3 Å². The number of pyridine rings is 2. The van der Waals surface area contributed by atoms with E-state index in [0.29, 0.717) is 11.0 Å². The number of sulfone groups is 1. The summed E-state index contributed by atoms with van der Waals surface area (Å²) in [4.78, 5) is 16.0. The number of nitrogens with zero attached hydrogens (tertiary/aromatic N) is 6. The van der Waals surface area contributed by atoms with Gasteiger partial charge in [-0.1, -0.05) is 11.8 Å². The van der Waals surface area contributed by atoms with E-state index >= 15 is 0 Å². The zero-order valence-electron chi connectivity index (χ0n) is 20.0. The highest BCUT2D eigenvalue weighted by Gasteiger charge is 2.28. The lowest BCUT2D eigenvalue weighted by Gasteiger charge is -2.05. The third-order valence-electron chi connectivity index (χ3n) is 5.68. The lowest BCUT2D eigenvalue weighted by Crippen LogP contribution is -2.06. The first-order chi connectivity index (χ1) is 17.1. The Morgan fingerprint density at radius 3 is 1.81 bits per heavy atom. The zero-order valence-corrected chi connectivity index (χ0v) is 21.7. The molecule has 0 atom stereocenters. The van der Waals surface area contributed by atoms with Gasteiger partial charge in [0, 0.05) is 20.4 Å². The summed E-state index contributed by atoms with van der Waals surface area (Å²) >= 11 is 1.48. The normalized spacial score (nSPS) is 15.7. The zero-order chi connectivity index (χ0) is 25.8. The maximum absolute atomic E-state index is 14.3. The van der Waals surface area contributed by atoms with Crippen LogP contribution in [0.2, 0.25) is 0 Å². The van der Waals surface area contributed by atoms with Gasteiger partial charge >= 0.3 is 0 Å². The number of hydrogen-bond donors (Lipinski definition) is 0. The van der Waals surface area contributed by atoms with Crippen LogP contribution in [0.1, 0.15) is 25.7 Å². The maximum atomic E-state index is 14.3. The van der Waals surface area contributed by atoms with Crippen LogP contribution in [-0.2, 0) is 23.9 Å². The number of ether oxygens (including phenoxy) is 2. The van der Waals surface area contributed by atoms with Gasteiger partial charge in [0.2, 0.25) is 26.6 Å². The fourth-order valence-corrected chi connectivity index (χ4v) is 5.03. The SMILES string of the molecule is CSc1nc2cnc(OC3CC3)c(F)c2n1C.Cn1c(S(C)(=O)=O)nc2cnc(OC3CC3)c(F)c21. The van der Waals surface area contributed by atoms with Crippen LogP contribution in [0.3, 0.4) is 0 Å². The van der Waals surface area contributed by atoms with Crippen LogP contribution < -0.4 is 9.47 Å². The molecule has 4 aromatic rings. The van der Waals surface area contributed by atoms with Gasteiger partial charge in [-0.15, -0.1) is 0 Å². The minimum Gasteiger partial charge on any atom is -0.472 e. The van der Waals surface area contributed by atoms with Crippen molar-refractivity contribution >= 4 is 43.7 Å². The number of hydrogen-bond acceptors (Lipinski definition) is 9. The summed E-state index contributed by atoms with van der Waals surface area (Å²) < 4.78 is 65.3. The molecule has 14 heteroatoms. The van der Waals surface area contributed by atoms with Crippen molar-refractivity contribution in [2.75, 3.05) is 12.5 Å². The molecule has 0 bridgehead atoms. The first-order valence-electron chi connectivity index (χ1n) is 11.2. The monoisotopic (exact) mass is 538 g/mol. The molecule has 0 N–H and O–H groups in total. The van der Waals surface area contributed by atoms with Gasteiger partial charge in [-0.2, -0.15) is 8.78 Å². The fraction of sp³-hybridized carbons (Fsp3) is 0.455. The second-order valence-electron chi connectivity index (χ2n) is 8.74. The van der Waals surface area contributed by atoms with Gasteiger partial charge in [-0.05, 0) is 31.9 Å². The number of aryl methyl sites for hydroxylation is 2. The largest absolute Gasteiger partial charge is 0.472 e. The molecule has 0 aliphatic heterocycles. The highest BCUT2D eigenvalue weighted by atomic mass is 32.2. The lowest BCUT2D eigenvalue weighted by atomic mass is 10.4. The molecule has 10 nitrogen and oxygen atoms in total. The first kappa shape index (κ1) is 24.7. The predicted molar refractivity (Wildman–Crippen MR) is 129 cm³/mol. The number of aromatic nitrogens is 6. The summed E-state index contributed by atoms with van der Waals surface area (Å²) in [6.07, 6.45) is 9.74. The van der Waals surface area contributed by atoms with Crippen LogP contribution in [0.4, 0.5) is 8.78 Å². The van der Waals surface area contributed by atoms with Crippen LogP contribution >= 0.6 is 11.8 Å². The Morgan fingerprint density at radius 2 is 1.36 bits per heavy atom. The molecule has 36 heavy (non-hydrogen) atoms. The molecule has 0 aromatic carbocycles. The Labute approximate surface area is 210 Å². The van der Waals surface area contributed by atoms with E-state index in [-0.39, 0.29) is 40.2 Å². The van der Waals surface area contributed by atoms with Crippen molar-refractivity contribution in [3.8, 4) is 11.8 Å². The van der Waals surface area contributed by atoms with Crippen molar-refractivity contribution in [3.05, 3.63) is 24.0 Å². The van der Waals surface area contributed by atoms with Gasteiger partial charge < -0.3 is 18.6 Å². The Kier molecular flexibility index (Phi) is 6.27. The van der Waals surface area contributed by atoms with Crippen molar-refractivity contribution in [2.24, 2.45) is 14.1 Å². The molecule has 0 unspecified atom stereocenters. The van der Waals surface area contributed by atoms with Gasteiger partial charge in [0.25, 0.3) is 11.8 Å². The van der Waals surface area contributed by atoms with Crippen molar-refractivity contribution < 1.29 is 26.7 Å². The third kappa shape index (κ3) is 4.71. The molecule has 2 fully saturated rings. The van der Waals surface area contributed by atoms with Crippen molar-refractivity contribution in [1.29, 1.82) is 0 Å². The van der Waals surface area contributed by atoms with E-state index in [1.54, 1.807) is 17.8 Å². The van der Waals surface area contributed by atoms with E-state index < -0.39 is 21.5 Å². The van der Waals surface area contributed by atoms with Crippen molar-refractivity contribution in [2.45, 2.75) is 48.2 Å². The van der Waals surface area contributed by atoms with E-state index in [4.69, 9.17) is 9.47 Å². The van der Waals surface area contributed by atoms with E-state index in [1.807, 2.05) is 6.26 Å². The Bertz CT molecular complexity index is 1580. The molecular weight excluding hydrogens is 514 g/mol. The molecule has 0 amide bonds. The molecule has 0 spiro atoms. The molecule has 0 radical (unpaired) electrons. The number of imidazole rings is 2. The Balaban J connectivity index is 0.000000149. The van der Waals surface area contributed by atoms with Crippen LogP contribution in [0.25, 0.3) is 22.1 Å². The minimum atomic E-state index is -3.52. The summed E-state index contributed by atoms with van der Waals surface area (Å²) in [6.45, 7) is 0. The van der Waals surface area contributed by atoms with Crippen molar-refractivity contribution in [3.63, 3.8) is 0 Å². The van der Waals surface area contributed by atoms with E-state index in [2.05, 4.69) is 19.9 Å². The summed E-state index contributed by atoms with van der Waals surface area (Å²) in [5, 5.41) is 0.580. The minimum absolute atomic E-state index is 0.0158. The number of rotatable bonds is 6. The van der Waals surface area contributed by atoms with Crippen LogP contribution in [0.15, 0.2) is 22.7 Å². The molecule has 2 aliphatic carbocycles. The average molecular weight is 539 g/mol. The second-order valence-corrected chi connectivity index (χ2v) is 11.4. The molecule has 0 saturated heterocycles. The molecule has 4 aromatic heterocycles. The summed E-state index contributed by atoms with van der Waals surface area (Å²) in [7, 11) is -0.268.